The van der Waals surface area contributed by atoms with Crippen molar-refractivity contribution in [1.82, 2.24) is 0 Å². The van der Waals surface area contributed by atoms with Crippen molar-refractivity contribution in [1.29, 1.82) is 0 Å². The van der Waals surface area contributed by atoms with Crippen molar-refractivity contribution in [3.63, 3.8) is 0 Å². The van der Waals surface area contributed by atoms with Crippen molar-refractivity contribution in [3.05, 3.63) is 37.7 Å². The van der Waals surface area contributed by atoms with Gasteiger partial charge < -0.3 is 5.11 Å². The van der Waals surface area contributed by atoms with Crippen LogP contribution >= 0.6 is 47.8 Å². The summed E-state index contributed by atoms with van der Waals surface area (Å²) in [6.45, 7) is 3.49. The van der Waals surface area contributed by atoms with Gasteiger partial charge in [0, 0.05) is 19.0 Å². The van der Waals surface area contributed by atoms with Gasteiger partial charge in [0.25, 0.3) is 0 Å². The third-order valence-corrected chi connectivity index (χ3v) is 4.99. The lowest BCUT2D eigenvalue weighted by atomic mass is 10.1. The fourth-order valence-corrected chi connectivity index (χ4v) is 2.40. The maximum Gasteiger partial charge on any atom is 0.335 e. The minimum Gasteiger partial charge on any atom is -0.478 e. The second-order valence-corrected chi connectivity index (χ2v) is 4.95. The van der Waals surface area contributed by atoms with Crippen LogP contribution in [0, 0.1) is 0 Å². The molecule has 1 N–H and O–H groups in total. The molecule has 74 valence electrons. The van der Waals surface area contributed by atoms with Gasteiger partial charge in [-0.25, -0.2) is 4.79 Å². The molecule has 2 nitrogen and oxygen atoms in total. The first kappa shape index (κ1) is 11.9. The van der Waals surface area contributed by atoms with Gasteiger partial charge in [-0.2, -0.15) is 0 Å². The van der Waals surface area contributed by atoms with Gasteiger partial charge in [0.15, 0.2) is 0 Å². The number of carboxylic acid groups (broad SMARTS) is 1. The van der Waals surface area contributed by atoms with Gasteiger partial charge >= 0.3 is 5.97 Å². The van der Waals surface area contributed by atoms with Crippen LogP contribution in [0.25, 0.3) is 5.57 Å². The Bertz CT molecular complexity index is 413. The lowest BCUT2D eigenvalue weighted by Crippen LogP contribution is -1.99. The van der Waals surface area contributed by atoms with Crippen LogP contribution in [0.3, 0.4) is 0 Å². The van der Waals surface area contributed by atoms with Crippen molar-refractivity contribution >= 4 is 59.3 Å². The van der Waals surface area contributed by atoms with Crippen molar-refractivity contribution in [2.45, 2.75) is 0 Å². The first-order chi connectivity index (χ1) is 6.45. The number of halogens is 3. The Hall–Kier alpha value is -0.130. The van der Waals surface area contributed by atoms with Crippen LogP contribution in [0.1, 0.15) is 5.56 Å². The monoisotopic (exact) mass is 382 g/mol. The molecule has 0 aromatic heterocycles. The molecule has 0 atom stereocenters. The second-order valence-electron chi connectivity index (χ2n) is 2.51. The molecule has 0 saturated carbocycles. The summed E-state index contributed by atoms with van der Waals surface area (Å²) in [4.78, 5) is 10.7. The number of carboxylic acids is 1. The van der Waals surface area contributed by atoms with Gasteiger partial charge in [-0.15, -0.1) is 0 Å². The highest BCUT2D eigenvalue weighted by atomic mass is 79.9. The smallest absolute Gasteiger partial charge is 0.335 e. The number of aliphatic carboxylic acids is 1. The number of carbonyl (C=O) groups is 1. The largest absolute Gasteiger partial charge is 0.478 e. The van der Waals surface area contributed by atoms with Gasteiger partial charge in [-0.05, 0) is 53.9 Å². The van der Waals surface area contributed by atoms with Gasteiger partial charge in [0.05, 0.1) is 5.57 Å². The van der Waals surface area contributed by atoms with E-state index in [1.807, 2.05) is 0 Å². The fraction of sp³-hybridized carbons (Fsp3) is 0. The highest BCUT2D eigenvalue weighted by Gasteiger charge is 2.14. The third kappa shape index (κ3) is 2.27. The summed E-state index contributed by atoms with van der Waals surface area (Å²) in [6.07, 6.45) is 0. The molecule has 0 aliphatic carbocycles. The van der Waals surface area contributed by atoms with Crippen molar-refractivity contribution in [3.8, 4) is 0 Å². The Morgan fingerprint density at radius 1 is 1.21 bits per heavy atom. The summed E-state index contributed by atoms with van der Waals surface area (Å²) in [5.41, 5.74) is 0.623. The SMILES string of the molecule is C=C(C(=O)O)c1ccc(Br)c(Br)c1Br. The van der Waals surface area contributed by atoms with Gasteiger partial charge in [-0.1, -0.05) is 12.6 Å². The number of hydrogen-bond donors (Lipinski definition) is 1. The van der Waals surface area contributed by atoms with Crippen LogP contribution in [-0.2, 0) is 4.79 Å². The average molecular weight is 385 g/mol. The Morgan fingerprint density at radius 2 is 1.79 bits per heavy atom. The standard InChI is InChI=1S/C9H5Br3O2/c1-4(9(13)14)5-2-3-6(10)8(12)7(5)11/h2-3H,1H2,(H,13,14). The Morgan fingerprint density at radius 3 is 2.29 bits per heavy atom. The zero-order valence-corrected chi connectivity index (χ0v) is 11.6. The lowest BCUT2D eigenvalue weighted by molar-refractivity contribution is -0.130. The number of rotatable bonds is 2. The van der Waals surface area contributed by atoms with Crippen LogP contribution < -0.4 is 0 Å². The predicted molar refractivity (Wildman–Crippen MR) is 66.2 cm³/mol. The molecule has 5 heteroatoms. The van der Waals surface area contributed by atoms with E-state index in [1.165, 1.54) is 0 Å². The summed E-state index contributed by atoms with van der Waals surface area (Å²) in [5, 5.41) is 8.77. The van der Waals surface area contributed by atoms with E-state index in [4.69, 9.17) is 5.11 Å². The second kappa shape index (κ2) is 4.59. The Labute approximate surface area is 106 Å². The molecule has 1 rings (SSSR count). The molecule has 0 aliphatic rings. The maximum absolute atomic E-state index is 10.7. The van der Waals surface area contributed by atoms with Crippen LogP contribution in [0.2, 0.25) is 0 Å². The molecule has 0 aliphatic heterocycles. The van der Waals surface area contributed by atoms with Gasteiger partial charge in [0.1, 0.15) is 0 Å². The first-order valence-corrected chi connectivity index (χ1v) is 5.89. The van der Waals surface area contributed by atoms with Crippen LogP contribution in [0.4, 0.5) is 0 Å². The highest BCUT2D eigenvalue weighted by molar-refractivity contribution is 9.14. The fourth-order valence-electron chi connectivity index (χ4n) is 0.874. The zero-order chi connectivity index (χ0) is 10.9. The average Bonchev–Trinajstić information content (AvgIpc) is 2.13. The van der Waals surface area contributed by atoms with Crippen molar-refractivity contribution < 1.29 is 9.90 Å². The predicted octanol–water partition coefficient (Wildman–Crippen LogP) is 4.07. The summed E-state index contributed by atoms with van der Waals surface area (Å²) < 4.78 is 2.31. The summed E-state index contributed by atoms with van der Waals surface area (Å²) >= 11 is 9.93. The molecular weight excluding hydrogens is 380 g/mol. The molecule has 0 saturated heterocycles. The van der Waals surface area contributed by atoms with Crippen molar-refractivity contribution in [2.24, 2.45) is 0 Å². The lowest BCUT2D eigenvalue weighted by Gasteiger charge is -2.07. The van der Waals surface area contributed by atoms with Gasteiger partial charge in [0.2, 0.25) is 0 Å². The van der Waals surface area contributed by atoms with E-state index in [0.29, 0.717) is 10.0 Å². The van der Waals surface area contributed by atoms with E-state index >= 15 is 0 Å². The minimum absolute atomic E-state index is 0.0603. The highest BCUT2D eigenvalue weighted by Crippen LogP contribution is 2.36. The molecule has 0 fully saturated rings. The van der Waals surface area contributed by atoms with E-state index in [0.717, 1.165) is 8.95 Å². The van der Waals surface area contributed by atoms with E-state index in [9.17, 15) is 4.79 Å². The molecule has 0 amide bonds. The number of benzene rings is 1. The van der Waals surface area contributed by atoms with Crippen LogP contribution in [-0.4, -0.2) is 11.1 Å². The third-order valence-electron chi connectivity index (χ3n) is 1.62. The minimum atomic E-state index is -1.03. The normalized spacial score (nSPS) is 9.93. The molecular formula is C9H5Br3O2. The Kier molecular flexibility index (Phi) is 3.92. The molecule has 0 bridgehead atoms. The quantitative estimate of drug-likeness (QED) is 0.616. The molecule has 0 unspecified atom stereocenters. The molecule has 0 radical (unpaired) electrons. The molecule has 0 heterocycles. The zero-order valence-electron chi connectivity index (χ0n) is 6.85. The van der Waals surface area contributed by atoms with Crippen LogP contribution in [0.15, 0.2) is 32.1 Å². The summed E-state index contributed by atoms with van der Waals surface area (Å²) in [6, 6.07) is 3.45. The molecule has 1 aromatic rings. The number of hydrogen-bond acceptors (Lipinski definition) is 1. The molecule has 1 aromatic carbocycles. The topological polar surface area (TPSA) is 37.3 Å². The molecule has 0 spiro atoms. The van der Waals surface area contributed by atoms with Gasteiger partial charge in [-0.3, -0.25) is 0 Å². The van der Waals surface area contributed by atoms with Crippen LogP contribution in [0.5, 0.6) is 0 Å². The summed E-state index contributed by atoms with van der Waals surface area (Å²) in [5.74, 6) is -1.03. The van der Waals surface area contributed by atoms with E-state index < -0.39 is 5.97 Å². The van der Waals surface area contributed by atoms with E-state index in [1.54, 1.807) is 12.1 Å². The van der Waals surface area contributed by atoms with E-state index in [2.05, 4.69) is 54.4 Å². The molecule has 14 heavy (non-hydrogen) atoms. The van der Waals surface area contributed by atoms with E-state index in [-0.39, 0.29) is 5.57 Å². The first-order valence-electron chi connectivity index (χ1n) is 3.51. The summed E-state index contributed by atoms with van der Waals surface area (Å²) in [7, 11) is 0. The van der Waals surface area contributed by atoms with Crippen molar-refractivity contribution in [2.75, 3.05) is 0 Å². The maximum atomic E-state index is 10.7. The Balaban J connectivity index is 3.31.